The van der Waals surface area contributed by atoms with Crippen molar-refractivity contribution in [1.82, 2.24) is 25.0 Å². The summed E-state index contributed by atoms with van der Waals surface area (Å²) in [5, 5.41) is 8.35. The Bertz CT molecular complexity index is 955. The van der Waals surface area contributed by atoms with Gasteiger partial charge in [0.2, 0.25) is 0 Å². The van der Waals surface area contributed by atoms with Crippen LogP contribution >= 0.6 is 0 Å². The molecule has 4 rings (SSSR count). The third kappa shape index (κ3) is 3.35. The van der Waals surface area contributed by atoms with E-state index in [0.29, 0.717) is 12.1 Å². The second-order valence-electron chi connectivity index (χ2n) is 7.20. The Kier molecular flexibility index (Phi) is 4.70. The first-order valence-electron chi connectivity index (χ1n) is 9.41. The summed E-state index contributed by atoms with van der Waals surface area (Å²) in [5.41, 5.74) is 2.98. The summed E-state index contributed by atoms with van der Waals surface area (Å²) in [6, 6.07) is 5.77. The van der Waals surface area contributed by atoms with E-state index in [9.17, 15) is 4.79 Å². The maximum Gasteiger partial charge on any atom is 0.252 e. The monoisotopic (exact) mass is 367 g/mol. The van der Waals surface area contributed by atoms with Crippen LogP contribution in [0.15, 0.2) is 28.9 Å². The Hall–Kier alpha value is -2.67. The van der Waals surface area contributed by atoms with E-state index < -0.39 is 0 Å². The van der Waals surface area contributed by atoms with Crippen LogP contribution < -0.4 is 5.32 Å². The van der Waals surface area contributed by atoms with Crippen molar-refractivity contribution < 1.29 is 9.21 Å². The first-order valence-corrected chi connectivity index (χ1v) is 9.41. The Morgan fingerprint density at radius 2 is 2.11 bits per heavy atom. The highest BCUT2D eigenvalue weighted by atomic mass is 16.3. The topological polar surface area (TPSA) is 76.2 Å². The lowest BCUT2D eigenvalue weighted by atomic mass is 10.1. The average molecular weight is 367 g/mol. The molecule has 1 amide bonds. The van der Waals surface area contributed by atoms with Crippen molar-refractivity contribution in [3.05, 3.63) is 47.2 Å². The summed E-state index contributed by atoms with van der Waals surface area (Å²) < 4.78 is 7.37. The number of pyridine rings is 1. The lowest BCUT2D eigenvalue weighted by Gasteiger charge is -2.26. The van der Waals surface area contributed by atoms with Crippen molar-refractivity contribution in [1.29, 1.82) is 0 Å². The molecule has 1 aliphatic heterocycles. The summed E-state index contributed by atoms with van der Waals surface area (Å²) in [4.78, 5) is 19.9. The molecule has 27 heavy (non-hydrogen) atoms. The molecule has 4 heterocycles. The molecule has 1 fully saturated rings. The second kappa shape index (κ2) is 7.15. The number of rotatable bonds is 5. The number of fused-ring (bicyclic) bond motifs is 1. The molecule has 3 aromatic rings. The maximum atomic E-state index is 13.0. The van der Waals surface area contributed by atoms with E-state index in [0.717, 1.165) is 41.3 Å². The Morgan fingerprint density at radius 1 is 1.33 bits per heavy atom. The average Bonchev–Trinajstić information content (AvgIpc) is 3.38. The fourth-order valence-electron chi connectivity index (χ4n) is 3.98. The number of hydrogen-bond donors (Lipinski definition) is 1. The van der Waals surface area contributed by atoms with Crippen LogP contribution in [0.5, 0.6) is 0 Å². The molecule has 7 nitrogen and oxygen atoms in total. The van der Waals surface area contributed by atoms with Crippen molar-refractivity contribution in [2.24, 2.45) is 7.05 Å². The van der Waals surface area contributed by atoms with Crippen LogP contribution in [0.1, 0.15) is 46.4 Å². The summed E-state index contributed by atoms with van der Waals surface area (Å²) in [7, 11) is 1.85. The predicted molar refractivity (Wildman–Crippen MR) is 103 cm³/mol. The van der Waals surface area contributed by atoms with Gasteiger partial charge in [0.05, 0.1) is 28.9 Å². The predicted octanol–water partition coefficient (Wildman–Crippen LogP) is 2.75. The van der Waals surface area contributed by atoms with E-state index in [2.05, 4.69) is 20.3 Å². The van der Waals surface area contributed by atoms with E-state index in [1.165, 1.54) is 12.8 Å². The zero-order valence-corrected chi connectivity index (χ0v) is 16.0. The number of nitrogens with one attached hydrogen (secondary N) is 1. The Labute approximate surface area is 158 Å². The molecule has 7 heteroatoms. The lowest BCUT2D eigenvalue weighted by molar-refractivity contribution is 0.0935. The number of carbonyl (C=O) groups is 1. The van der Waals surface area contributed by atoms with Crippen LogP contribution in [0.4, 0.5) is 0 Å². The first-order chi connectivity index (χ1) is 13.0. The van der Waals surface area contributed by atoms with Crippen molar-refractivity contribution in [2.75, 3.05) is 19.6 Å². The molecule has 1 saturated heterocycles. The van der Waals surface area contributed by atoms with Gasteiger partial charge in [-0.25, -0.2) is 4.98 Å². The molecule has 3 aromatic heterocycles. The van der Waals surface area contributed by atoms with Crippen LogP contribution in [-0.4, -0.2) is 45.2 Å². The zero-order chi connectivity index (χ0) is 19.0. The molecule has 0 spiro atoms. The van der Waals surface area contributed by atoms with Crippen molar-refractivity contribution in [3.63, 3.8) is 0 Å². The fraction of sp³-hybridized carbons (Fsp3) is 0.450. The van der Waals surface area contributed by atoms with Gasteiger partial charge in [0, 0.05) is 19.3 Å². The number of nitrogens with zero attached hydrogens (tertiary/aromatic N) is 4. The van der Waals surface area contributed by atoms with E-state index in [-0.39, 0.29) is 11.9 Å². The third-order valence-electron chi connectivity index (χ3n) is 5.25. The summed E-state index contributed by atoms with van der Waals surface area (Å²) in [6.45, 7) is 6.37. The molecule has 0 saturated carbocycles. The van der Waals surface area contributed by atoms with Crippen molar-refractivity contribution in [3.8, 4) is 0 Å². The van der Waals surface area contributed by atoms with Crippen LogP contribution in [0.25, 0.3) is 11.0 Å². The molecule has 1 aliphatic rings. The summed E-state index contributed by atoms with van der Waals surface area (Å²) in [5.74, 6) is 0.795. The van der Waals surface area contributed by atoms with E-state index >= 15 is 0 Å². The summed E-state index contributed by atoms with van der Waals surface area (Å²) >= 11 is 0. The van der Waals surface area contributed by atoms with Gasteiger partial charge in [-0.05, 0) is 58.0 Å². The number of hydrogen-bond acceptors (Lipinski definition) is 5. The Balaban J connectivity index is 1.59. The summed E-state index contributed by atoms with van der Waals surface area (Å²) in [6.07, 6.45) is 4.06. The number of amides is 1. The number of aromatic nitrogens is 3. The highest BCUT2D eigenvalue weighted by Crippen LogP contribution is 2.26. The molecular weight excluding hydrogens is 342 g/mol. The molecule has 0 radical (unpaired) electrons. The van der Waals surface area contributed by atoms with Gasteiger partial charge in [-0.15, -0.1) is 0 Å². The normalized spacial score (nSPS) is 16.1. The molecule has 1 N–H and O–H groups in total. The van der Waals surface area contributed by atoms with Gasteiger partial charge in [-0.1, -0.05) is 0 Å². The highest BCUT2D eigenvalue weighted by Gasteiger charge is 2.26. The fourth-order valence-corrected chi connectivity index (χ4v) is 3.98. The third-order valence-corrected chi connectivity index (χ3v) is 5.25. The van der Waals surface area contributed by atoms with Gasteiger partial charge in [0.1, 0.15) is 5.76 Å². The minimum absolute atomic E-state index is 0.0554. The molecule has 0 aliphatic carbocycles. The number of likely N-dealkylation sites (tertiary alicyclic amines) is 1. The SMILES string of the molecule is Cc1cc(C(=O)NCC(c2ccco2)N2CCCC2)c2c(C)nn(C)c2n1. The smallest absolute Gasteiger partial charge is 0.252 e. The van der Waals surface area contributed by atoms with Crippen LogP contribution in [-0.2, 0) is 7.05 Å². The van der Waals surface area contributed by atoms with Gasteiger partial charge in [-0.3, -0.25) is 14.4 Å². The van der Waals surface area contributed by atoms with Crippen molar-refractivity contribution in [2.45, 2.75) is 32.7 Å². The second-order valence-corrected chi connectivity index (χ2v) is 7.20. The van der Waals surface area contributed by atoms with Gasteiger partial charge < -0.3 is 9.73 Å². The van der Waals surface area contributed by atoms with Crippen molar-refractivity contribution >= 4 is 16.9 Å². The molecular formula is C20H25N5O2. The number of furan rings is 1. The minimum Gasteiger partial charge on any atom is -0.468 e. The lowest BCUT2D eigenvalue weighted by Crippen LogP contribution is -2.36. The molecule has 142 valence electrons. The van der Waals surface area contributed by atoms with E-state index in [1.54, 1.807) is 10.9 Å². The molecule has 0 bridgehead atoms. The van der Waals surface area contributed by atoms with Gasteiger partial charge >= 0.3 is 0 Å². The number of aryl methyl sites for hydroxylation is 3. The van der Waals surface area contributed by atoms with Gasteiger partial charge in [0.25, 0.3) is 5.91 Å². The van der Waals surface area contributed by atoms with Gasteiger partial charge in [-0.2, -0.15) is 5.10 Å². The molecule has 1 atom stereocenters. The van der Waals surface area contributed by atoms with E-state index in [4.69, 9.17) is 4.42 Å². The maximum absolute atomic E-state index is 13.0. The van der Waals surface area contributed by atoms with Crippen LogP contribution in [0.3, 0.4) is 0 Å². The molecule has 0 aromatic carbocycles. The quantitative estimate of drug-likeness (QED) is 0.750. The van der Waals surface area contributed by atoms with Crippen LogP contribution in [0.2, 0.25) is 0 Å². The zero-order valence-electron chi connectivity index (χ0n) is 16.0. The highest BCUT2D eigenvalue weighted by molar-refractivity contribution is 6.06. The van der Waals surface area contributed by atoms with E-state index in [1.807, 2.05) is 39.1 Å². The Morgan fingerprint density at radius 3 is 2.81 bits per heavy atom. The minimum atomic E-state index is -0.0997. The largest absolute Gasteiger partial charge is 0.468 e. The van der Waals surface area contributed by atoms with Crippen LogP contribution in [0, 0.1) is 13.8 Å². The standard InChI is InChI=1S/C20H25N5O2/c1-13-11-15(18-14(2)23-24(3)19(18)22-13)20(26)21-12-16(17-7-6-10-27-17)25-8-4-5-9-25/h6-7,10-11,16H,4-5,8-9,12H2,1-3H3,(H,21,26). The number of carbonyl (C=O) groups excluding carboxylic acids is 1. The van der Waals surface area contributed by atoms with Gasteiger partial charge in [0.15, 0.2) is 5.65 Å². The molecule has 1 unspecified atom stereocenters. The first kappa shape index (κ1) is 17.7.